The van der Waals surface area contributed by atoms with E-state index in [0.29, 0.717) is 11.5 Å². The highest BCUT2D eigenvalue weighted by Crippen LogP contribution is 2.49. The summed E-state index contributed by atoms with van der Waals surface area (Å²) in [7, 11) is 0. The zero-order valence-electron chi connectivity index (χ0n) is 18.3. The van der Waals surface area contributed by atoms with Crippen molar-refractivity contribution in [3.63, 3.8) is 0 Å². The second-order valence-electron chi connectivity index (χ2n) is 9.69. The molecule has 0 heterocycles. The SMILES string of the molecule is CCCCCC1CCC2CC(c3cc(F)c(-c4ccc(F)c(F)c4)c(F)c3)CCC2C1. The minimum Gasteiger partial charge on any atom is -0.206 e. The zero-order valence-corrected chi connectivity index (χ0v) is 18.3. The van der Waals surface area contributed by atoms with E-state index < -0.39 is 23.3 Å². The van der Waals surface area contributed by atoms with E-state index in [1.165, 1.54) is 63.1 Å². The summed E-state index contributed by atoms with van der Waals surface area (Å²) in [4.78, 5) is 0. The van der Waals surface area contributed by atoms with Crippen molar-refractivity contribution in [3.8, 4) is 11.1 Å². The van der Waals surface area contributed by atoms with Crippen molar-refractivity contribution in [1.82, 2.24) is 0 Å². The first-order valence-electron chi connectivity index (χ1n) is 11.9. The molecule has 0 amide bonds. The van der Waals surface area contributed by atoms with E-state index in [4.69, 9.17) is 0 Å². The lowest BCUT2D eigenvalue weighted by Gasteiger charge is -2.42. The van der Waals surface area contributed by atoms with E-state index in [1.54, 1.807) is 0 Å². The van der Waals surface area contributed by atoms with E-state index in [9.17, 15) is 17.6 Å². The lowest BCUT2D eigenvalue weighted by atomic mass is 9.63. The molecule has 2 aromatic carbocycles. The maximum Gasteiger partial charge on any atom is 0.159 e. The summed E-state index contributed by atoms with van der Waals surface area (Å²) < 4.78 is 56.5. The van der Waals surface area contributed by atoms with E-state index in [2.05, 4.69) is 6.92 Å². The summed E-state index contributed by atoms with van der Waals surface area (Å²) in [5.74, 6) is -1.12. The lowest BCUT2D eigenvalue weighted by molar-refractivity contribution is 0.113. The van der Waals surface area contributed by atoms with E-state index in [-0.39, 0.29) is 17.0 Å². The van der Waals surface area contributed by atoms with Crippen molar-refractivity contribution >= 4 is 0 Å². The molecule has 31 heavy (non-hydrogen) atoms. The Labute approximate surface area is 183 Å². The van der Waals surface area contributed by atoms with Gasteiger partial charge in [0.1, 0.15) is 11.6 Å². The Bertz CT molecular complexity index is 883. The molecule has 4 atom stereocenters. The van der Waals surface area contributed by atoms with E-state index in [1.807, 2.05) is 0 Å². The first-order valence-corrected chi connectivity index (χ1v) is 11.9. The molecule has 0 saturated heterocycles. The highest BCUT2D eigenvalue weighted by Gasteiger charge is 2.36. The van der Waals surface area contributed by atoms with Gasteiger partial charge in [-0.3, -0.25) is 0 Å². The van der Waals surface area contributed by atoms with Crippen LogP contribution in [0.15, 0.2) is 30.3 Å². The molecular formula is C27H32F4. The predicted molar refractivity (Wildman–Crippen MR) is 117 cm³/mol. The second-order valence-corrected chi connectivity index (χ2v) is 9.69. The monoisotopic (exact) mass is 432 g/mol. The van der Waals surface area contributed by atoms with Gasteiger partial charge in [-0.05, 0) is 91.2 Å². The summed E-state index contributed by atoms with van der Waals surface area (Å²) in [6.45, 7) is 2.24. The number of hydrogen-bond donors (Lipinski definition) is 0. The van der Waals surface area contributed by atoms with Gasteiger partial charge in [0.25, 0.3) is 0 Å². The molecule has 4 rings (SSSR count). The molecule has 2 aliphatic carbocycles. The second kappa shape index (κ2) is 9.75. The largest absolute Gasteiger partial charge is 0.206 e. The molecule has 0 nitrogen and oxygen atoms in total. The normalized spacial score (nSPS) is 26.0. The molecule has 0 aliphatic heterocycles. The molecule has 2 aliphatic rings. The number of rotatable bonds is 6. The maximum absolute atomic E-state index is 14.9. The summed E-state index contributed by atoms with van der Waals surface area (Å²) in [6, 6.07) is 5.77. The molecule has 2 aromatic rings. The Morgan fingerprint density at radius 3 is 2.16 bits per heavy atom. The number of unbranched alkanes of at least 4 members (excludes halogenated alkanes) is 2. The Balaban J connectivity index is 1.45. The van der Waals surface area contributed by atoms with Crippen LogP contribution in [0.2, 0.25) is 0 Å². The van der Waals surface area contributed by atoms with Crippen LogP contribution in [0.1, 0.15) is 82.6 Å². The van der Waals surface area contributed by atoms with Crippen LogP contribution < -0.4 is 0 Å². The van der Waals surface area contributed by atoms with Gasteiger partial charge in [-0.2, -0.15) is 0 Å². The Morgan fingerprint density at radius 2 is 1.45 bits per heavy atom. The zero-order chi connectivity index (χ0) is 22.0. The molecule has 0 N–H and O–H groups in total. The standard InChI is InChI=1S/C27H32F4/c1-2-3-4-5-17-6-7-19-13-20(9-8-18(19)12-17)22-15-25(30)27(26(31)16-22)21-10-11-23(28)24(29)14-21/h10-11,14-20H,2-9,12-13H2,1H3. The lowest BCUT2D eigenvalue weighted by Crippen LogP contribution is -2.30. The van der Waals surface area contributed by atoms with Gasteiger partial charge in [0, 0.05) is 0 Å². The Hall–Kier alpha value is -1.84. The van der Waals surface area contributed by atoms with Gasteiger partial charge >= 0.3 is 0 Å². The van der Waals surface area contributed by atoms with Crippen LogP contribution in [-0.2, 0) is 0 Å². The molecule has 2 saturated carbocycles. The summed E-state index contributed by atoms with van der Waals surface area (Å²) in [5, 5.41) is 0. The fourth-order valence-electron chi connectivity index (χ4n) is 5.99. The van der Waals surface area contributed by atoms with Crippen molar-refractivity contribution < 1.29 is 17.6 Å². The summed E-state index contributed by atoms with van der Waals surface area (Å²) in [5.41, 5.74) is 0.430. The molecule has 168 valence electrons. The molecular weight excluding hydrogens is 400 g/mol. The van der Waals surface area contributed by atoms with Crippen molar-refractivity contribution in [3.05, 3.63) is 59.2 Å². The fourth-order valence-corrected chi connectivity index (χ4v) is 5.99. The van der Waals surface area contributed by atoms with Crippen LogP contribution in [0.25, 0.3) is 11.1 Å². The van der Waals surface area contributed by atoms with Crippen LogP contribution >= 0.6 is 0 Å². The summed E-state index contributed by atoms with van der Waals surface area (Å²) >= 11 is 0. The highest BCUT2D eigenvalue weighted by molar-refractivity contribution is 5.65. The van der Waals surface area contributed by atoms with Gasteiger partial charge in [-0.15, -0.1) is 0 Å². The third-order valence-corrected chi connectivity index (χ3v) is 7.68. The summed E-state index contributed by atoms with van der Waals surface area (Å²) in [6.07, 6.45) is 12.2. The number of halogens is 4. The van der Waals surface area contributed by atoms with Gasteiger partial charge < -0.3 is 0 Å². The fraction of sp³-hybridized carbons (Fsp3) is 0.556. The van der Waals surface area contributed by atoms with Crippen molar-refractivity contribution in [2.45, 2.75) is 77.0 Å². The highest BCUT2D eigenvalue weighted by atomic mass is 19.2. The predicted octanol–water partition coefficient (Wildman–Crippen LogP) is 8.79. The van der Waals surface area contributed by atoms with E-state index in [0.717, 1.165) is 43.2 Å². The van der Waals surface area contributed by atoms with Crippen molar-refractivity contribution in [2.75, 3.05) is 0 Å². The average molecular weight is 433 g/mol. The number of hydrogen-bond acceptors (Lipinski definition) is 0. The third-order valence-electron chi connectivity index (χ3n) is 7.68. The molecule has 4 heteroatoms. The van der Waals surface area contributed by atoms with Crippen LogP contribution in [-0.4, -0.2) is 0 Å². The van der Waals surface area contributed by atoms with Gasteiger partial charge in [0.05, 0.1) is 5.56 Å². The minimum atomic E-state index is -1.11. The van der Waals surface area contributed by atoms with Gasteiger partial charge in [-0.1, -0.05) is 45.1 Å². The molecule has 0 bridgehead atoms. The smallest absolute Gasteiger partial charge is 0.159 e. The van der Waals surface area contributed by atoms with Crippen molar-refractivity contribution in [2.24, 2.45) is 17.8 Å². The Kier molecular flexibility index (Phi) is 7.03. The topological polar surface area (TPSA) is 0 Å². The first kappa shape index (κ1) is 22.4. The van der Waals surface area contributed by atoms with Crippen molar-refractivity contribution in [1.29, 1.82) is 0 Å². The van der Waals surface area contributed by atoms with Gasteiger partial charge in [-0.25, -0.2) is 17.6 Å². The van der Waals surface area contributed by atoms with Crippen LogP contribution in [0.3, 0.4) is 0 Å². The van der Waals surface area contributed by atoms with Crippen LogP contribution in [0.5, 0.6) is 0 Å². The first-order chi connectivity index (χ1) is 15.0. The van der Waals surface area contributed by atoms with Crippen LogP contribution in [0.4, 0.5) is 17.6 Å². The van der Waals surface area contributed by atoms with E-state index >= 15 is 0 Å². The van der Waals surface area contributed by atoms with Crippen LogP contribution in [0, 0.1) is 41.0 Å². The molecule has 2 fully saturated rings. The minimum absolute atomic E-state index is 0.0190. The van der Waals surface area contributed by atoms with Gasteiger partial charge in [0.15, 0.2) is 11.6 Å². The third kappa shape index (κ3) is 4.99. The maximum atomic E-state index is 14.9. The molecule has 0 spiro atoms. The Morgan fingerprint density at radius 1 is 0.742 bits per heavy atom. The number of fused-ring (bicyclic) bond motifs is 1. The quantitative estimate of drug-likeness (QED) is 0.316. The molecule has 0 radical (unpaired) electrons. The molecule has 0 aromatic heterocycles. The average Bonchev–Trinajstić information content (AvgIpc) is 2.75. The van der Waals surface area contributed by atoms with Gasteiger partial charge in [0.2, 0.25) is 0 Å². The molecule has 4 unspecified atom stereocenters. The number of benzene rings is 2.